The van der Waals surface area contributed by atoms with E-state index >= 15 is 0 Å². The minimum absolute atomic E-state index is 0.0360. The van der Waals surface area contributed by atoms with Crippen molar-refractivity contribution in [2.75, 3.05) is 44.2 Å². The number of likely N-dealkylation sites (tertiary alicyclic amines) is 1. The Balaban J connectivity index is 1.45. The third-order valence-corrected chi connectivity index (χ3v) is 5.89. The van der Waals surface area contributed by atoms with Crippen LogP contribution in [0.4, 0.5) is 5.69 Å². The minimum atomic E-state index is 0.0360. The van der Waals surface area contributed by atoms with E-state index in [-0.39, 0.29) is 17.7 Å². The first-order valence-electron chi connectivity index (χ1n) is 10.2. The van der Waals surface area contributed by atoms with Gasteiger partial charge in [-0.3, -0.25) is 19.3 Å². The SMILES string of the molecule is CC(=O)N1CCN(c2cc(C)nc(C3CCN(C(=O)c4cnn(C)c4)C3)c2)CC1. The van der Waals surface area contributed by atoms with Crippen LogP contribution >= 0.6 is 0 Å². The van der Waals surface area contributed by atoms with E-state index in [1.54, 1.807) is 24.0 Å². The van der Waals surface area contributed by atoms with E-state index in [9.17, 15) is 9.59 Å². The monoisotopic (exact) mass is 396 g/mol. The lowest BCUT2D eigenvalue weighted by Crippen LogP contribution is -2.48. The van der Waals surface area contributed by atoms with Crippen LogP contribution in [0.2, 0.25) is 0 Å². The molecule has 4 rings (SSSR count). The summed E-state index contributed by atoms with van der Waals surface area (Å²) in [5.74, 6) is 0.419. The largest absolute Gasteiger partial charge is 0.368 e. The number of rotatable bonds is 3. The smallest absolute Gasteiger partial charge is 0.257 e. The standard InChI is InChI=1S/C21H28N6O2/c1-15-10-19(26-8-6-25(7-9-26)16(2)28)11-20(23-15)17-4-5-27(14-17)21(29)18-12-22-24(3)13-18/h10-13,17H,4-9,14H2,1-3H3. The molecule has 2 amide bonds. The van der Waals surface area contributed by atoms with Gasteiger partial charge in [0.15, 0.2) is 0 Å². The molecule has 2 aliphatic rings. The fraction of sp³-hybridized carbons (Fsp3) is 0.524. The molecule has 2 saturated heterocycles. The number of amides is 2. The maximum absolute atomic E-state index is 12.7. The van der Waals surface area contributed by atoms with Gasteiger partial charge in [-0.05, 0) is 25.5 Å². The van der Waals surface area contributed by atoms with Gasteiger partial charge in [0.25, 0.3) is 5.91 Å². The van der Waals surface area contributed by atoms with Crippen LogP contribution in [0.5, 0.6) is 0 Å². The van der Waals surface area contributed by atoms with Crippen LogP contribution in [-0.4, -0.2) is 75.6 Å². The molecule has 0 spiro atoms. The molecule has 2 fully saturated rings. The van der Waals surface area contributed by atoms with Gasteiger partial charge in [-0.25, -0.2) is 0 Å². The molecule has 0 aromatic carbocycles. The minimum Gasteiger partial charge on any atom is -0.368 e. The lowest BCUT2D eigenvalue weighted by atomic mass is 10.0. The molecule has 0 bridgehead atoms. The molecule has 0 aliphatic carbocycles. The molecule has 0 radical (unpaired) electrons. The van der Waals surface area contributed by atoms with Crippen LogP contribution in [0.25, 0.3) is 0 Å². The lowest BCUT2D eigenvalue weighted by molar-refractivity contribution is -0.129. The van der Waals surface area contributed by atoms with Gasteiger partial charge in [0, 0.05) is 82.4 Å². The Morgan fingerprint density at radius 3 is 2.48 bits per heavy atom. The number of aromatic nitrogens is 3. The van der Waals surface area contributed by atoms with Crippen molar-refractivity contribution in [3.05, 3.63) is 41.5 Å². The second-order valence-corrected chi connectivity index (χ2v) is 8.02. The number of hydrogen-bond donors (Lipinski definition) is 0. The number of aryl methyl sites for hydroxylation is 2. The van der Waals surface area contributed by atoms with E-state index in [2.05, 4.69) is 22.1 Å². The fourth-order valence-corrected chi connectivity index (χ4v) is 4.25. The number of pyridine rings is 1. The van der Waals surface area contributed by atoms with Gasteiger partial charge in [-0.2, -0.15) is 5.10 Å². The number of carbonyl (C=O) groups excluding carboxylic acids is 2. The van der Waals surface area contributed by atoms with Gasteiger partial charge >= 0.3 is 0 Å². The molecule has 2 aliphatic heterocycles. The maximum Gasteiger partial charge on any atom is 0.257 e. The van der Waals surface area contributed by atoms with Gasteiger partial charge in [0.2, 0.25) is 5.91 Å². The summed E-state index contributed by atoms with van der Waals surface area (Å²) >= 11 is 0. The molecule has 29 heavy (non-hydrogen) atoms. The summed E-state index contributed by atoms with van der Waals surface area (Å²) in [6.45, 7) is 8.24. The van der Waals surface area contributed by atoms with Crippen LogP contribution in [-0.2, 0) is 11.8 Å². The Labute approximate surface area is 171 Å². The Kier molecular flexibility index (Phi) is 5.25. The molecule has 4 heterocycles. The highest BCUT2D eigenvalue weighted by Crippen LogP contribution is 2.30. The highest BCUT2D eigenvalue weighted by atomic mass is 16.2. The molecule has 0 saturated carbocycles. The van der Waals surface area contributed by atoms with Crippen LogP contribution in [0.15, 0.2) is 24.5 Å². The topological polar surface area (TPSA) is 74.6 Å². The Morgan fingerprint density at radius 1 is 1.07 bits per heavy atom. The first-order chi connectivity index (χ1) is 13.9. The quantitative estimate of drug-likeness (QED) is 0.785. The van der Waals surface area contributed by atoms with Gasteiger partial charge in [0.1, 0.15) is 0 Å². The number of hydrogen-bond acceptors (Lipinski definition) is 5. The summed E-state index contributed by atoms with van der Waals surface area (Å²) in [4.78, 5) is 35.2. The zero-order valence-corrected chi connectivity index (χ0v) is 17.3. The molecule has 1 unspecified atom stereocenters. The number of piperazine rings is 1. The Bertz CT molecular complexity index is 916. The molecule has 154 valence electrons. The van der Waals surface area contributed by atoms with Crippen molar-refractivity contribution in [3.8, 4) is 0 Å². The first kappa shape index (κ1) is 19.4. The second-order valence-electron chi connectivity index (χ2n) is 8.02. The third kappa shape index (κ3) is 4.11. The van der Waals surface area contributed by atoms with Crippen molar-refractivity contribution < 1.29 is 9.59 Å². The van der Waals surface area contributed by atoms with Crippen molar-refractivity contribution in [1.29, 1.82) is 0 Å². The zero-order valence-electron chi connectivity index (χ0n) is 17.3. The van der Waals surface area contributed by atoms with Gasteiger partial charge in [0.05, 0.1) is 11.8 Å². The van der Waals surface area contributed by atoms with Gasteiger partial charge < -0.3 is 14.7 Å². The molecule has 2 aromatic rings. The van der Waals surface area contributed by atoms with Gasteiger partial charge in [-0.1, -0.05) is 0 Å². The lowest BCUT2D eigenvalue weighted by Gasteiger charge is -2.36. The second kappa shape index (κ2) is 7.85. The predicted molar refractivity (Wildman–Crippen MR) is 110 cm³/mol. The number of anilines is 1. The van der Waals surface area contributed by atoms with E-state index in [4.69, 9.17) is 4.98 Å². The normalized spacial score (nSPS) is 19.7. The molecular weight excluding hydrogens is 368 g/mol. The van der Waals surface area contributed by atoms with Crippen LogP contribution in [0, 0.1) is 6.92 Å². The average molecular weight is 396 g/mol. The summed E-state index contributed by atoms with van der Waals surface area (Å²) in [7, 11) is 1.82. The van der Waals surface area contributed by atoms with E-state index in [0.29, 0.717) is 12.1 Å². The molecule has 1 atom stereocenters. The zero-order chi connectivity index (χ0) is 20.5. The summed E-state index contributed by atoms with van der Waals surface area (Å²) in [5.41, 5.74) is 3.83. The number of nitrogens with zero attached hydrogens (tertiary/aromatic N) is 6. The van der Waals surface area contributed by atoms with Crippen molar-refractivity contribution in [3.63, 3.8) is 0 Å². The maximum atomic E-state index is 12.7. The van der Waals surface area contributed by atoms with Crippen molar-refractivity contribution in [1.82, 2.24) is 24.6 Å². The summed E-state index contributed by atoms with van der Waals surface area (Å²) < 4.78 is 1.65. The van der Waals surface area contributed by atoms with E-state index in [1.165, 1.54) is 0 Å². The Morgan fingerprint density at radius 2 is 1.83 bits per heavy atom. The van der Waals surface area contributed by atoms with E-state index in [0.717, 1.165) is 56.2 Å². The van der Waals surface area contributed by atoms with Crippen molar-refractivity contribution >= 4 is 17.5 Å². The molecule has 0 N–H and O–H groups in total. The summed E-state index contributed by atoms with van der Waals surface area (Å²) in [6, 6.07) is 4.28. The van der Waals surface area contributed by atoms with Crippen LogP contribution < -0.4 is 4.90 Å². The van der Waals surface area contributed by atoms with Crippen molar-refractivity contribution in [2.45, 2.75) is 26.2 Å². The average Bonchev–Trinajstić information content (AvgIpc) is 3.36. The molecule has 2 aromatic heterocycles. The van der Waals surface area contributed by atoms with Crippen molar-refractivity contribution in [2.24, 2.45) is 7.05 Å². The van der Waals surface area contributed by atoms with E-state index in [1.807, 2.05) is 23.8 Å². The molecular formula is C21H28N6O2. The van der Waals surface area contributed by atoms with Gasteiger partial charge in [-0.15, -0.1) is 0 Å². The molecule has 8 heteroatoms. The number of carbonyl (C=O) groups is 2. The predicted octanol–water partition coefficient (Wildman–Crippen LogP) is 1.42. The summed E-state index contributed by atoms with van der Waals surface area (Å²) in [6.07, 6.45) is 4.30. The summed E-state index contributed by atoms with van der Waals surface area (Å²) in [5, 5.41) is 4.10. The highest BCUT2D eigenvalue weighted by Gasteiger charge is 2.30. The van der Waals surface area contributed by atoms with Crippen LogP contribution in [0.3, 0.4) is 0 Å². The first-order valence-corrected chi connectivity index (χ1v) is 10.2. The fourth-order valence-electron chi connectivity index (χ4n) is 4.25. The Hall–Kier alpha value is -2.90. The highest BCUT2D eigenvalue weighted by molar-refractivity contribution is 5.94. The van der Waals surface area contributed by atoms with E-state index < -0.39 is 0 Å². The van der Waals surface area contributed by atoms with Crippen LogP contribution in [0.1, 0.15) is 41.0 Å². The molecule has 8 nitrogen and oxygen atoms in total. The third-order valence-electron chi connectivity index (χ3n) is 5.89.